The fraction of sp³-hybridized carbons (Fsp3) is 0.765. The first-order valence-corrected chi connectivity index (χ1v) is 8.49. The quantitative estimate of drug-likeness (QED) is 0.874. The molecule has 1 saturated carbocycles. The first-order valence-electron chi connectivity index (χ1n) is 8.49. The molecule has 1 aliphatic heterocycles. The van der Waals surface area contributed by atoms with Crippen LogP contribution in [0.1, 0.15) is 75.1 Å². The third kappa shape index (κ3) is 2.71. The first kappa shape index (κ1) is 14.9. The number of fused-ring (bicyclic) bond motifs is 1. The molecular weight excluding hydrogens is 262 g/mol. The van der Waals surface area contributed by atoms with Gasteiger partial charge >= 0.3 is 0 Å². The fourth-order valence-corrected chi connectivity index (χ4v) is 3.38. The predicted octanol–water partition coefficient (Wildman–Crippen LogP) is 3.05. The molecule has 0 amide bonds. The molecule has 0 bridgehead atoms. The van der Waals surface area contributed by atoms with Crippen LogP contribution in [0, 0.1) is 0 Å². The van der Waals surface area contributed by atoms with Crippen molar-refractivity contribution in [2.75, 3.05) is 13.2 Å². The summed E-state index contributed by atoms with van der Waals surface area (Å²) in [7, 11) is 0. The molecule has 4 heteroatoms. The number of hydrogen-bond acceptors (Lipinski definition) is 4. The number of aromatic nitrogens is 2. The summed E-state index contributed by atoms with van der Waals surface area (Å²) in [6.45, 7) is 9.09. The molecule has 21 heavy (non-hydrogen) atoms. The lowest BCUT2D eigenvalue weighted by Crippen LogP contribution is -2.34. The van der Waals surface area contributed by atoms with E-state index >= 15 is 0 Å². The minimum absolute atomic E-state index is 0.307. The number of nitrogens with zero attached hydrogens (tertiary/aromatic N) is 2. The van der Waals surface area contributed by atoms with E-state index in [0.717, 1.165) is 38.2 Å². The highest BCUT2D eigenvalue weighted by Crippen LogP contribution is 2.43. The van der Waals surface area contributed by atoms with E-state index in [1.54, 1.807) is 0 Å². The molecule has 0 atom stereocenters. The Balaban J connectivity index is 2.07. The second kappa shape index (κ2) is 6.01. The van der Waals surface area contributed by atoms with Gasteiger partial charge in [0.05, 0.1) is 11.4 Å². The monoisotopic (exact) mass is 289 g/mol. The van der Waals surface area contributed by atoms with Gasteiger partial charge in [0.2, 0.25) is 0 Å². The lowest BCUT2D eigenvalue weighted by Gasteiger charge is -2.32. The third-order valence-electron chi connectivity index (χ3n) is 4.90. The topological polar surface area (TPSA) is 47.0 Å². The summed E-state index contributed by atoms with van der Waals surface area (Å²) in [5, 5.41) is 3.46. The number of nitrogens with one attached hydrogen (secondary N) is 1. The maximum Gasteiger partial charge on any atom is 0.160 e. The highest BCUT2D eigenvalue weighted by molar-refractivity contribution is 5.34. The summed E-state index contributed by atoms with van der Waals surface area (Å²) in [6.07, 6.45) is 5.43. The minimum Gasteiger partial charge on any atom is -0.367 e. The van der Waals surface area contributed by atoms with Crippen molar-refractivity contribution in [2.45, 2.75) is 70.9 Å². The Hall–Kier alpha value is -1.00. The van der Waals surface area contributed by atoms with Crippen molar-refractivity contribution in [1.82, 2.24) is 15.3 Å². The molecule has 0 saturated heterocycles. The van der Waals surface area contributed by atoms with Crippen molar-refractivity contribution < 1.29 is 4.74 Å². The molecule has 1 aromatic rings. The average Bonchev–Trinajstić information content (AvgIpc) is 3.36. The molecule has 2 aliphatic rings. The van der Waals surface area contributed by atoms with Crippen molar-refractivity contribution in [3.8, 4) is 0 Å². The first-order chi connectivity index (χ1) is 10.2. The highest BCUT2D eigenvalue weighted by Gasteiger charge is 2.37. The number of rotatable bonds is 6. The van der Waals surface area contributed by atoms with Crippen LogP contribution in [0.2, 0.25) is 0 Å². The van der Waals surface area contributed by atoms with Crippen LogP contribution in [-0.2, 0) is 23.3 Å². The maximum absolute atomic E-state index is 6.12. The van der Waals surface area contributed by atoms with E-state index in [-0.39, 0.29) is 5.60 Å². The Kier molecular flexibility index (Phi) is 4.27. The van der Waals surface area contributed by atoms with Gasteiger partial charge in [0, 0.05) is 37.6 Å². The fourth-order valence-electron chi connectivity index (χ4n) is 3.38. The van der Waals surface area contributed by atoms with Crippen LogP contribution in [0.25, 0.3) is 0 Å². The van der Waals surface area contributed by atoms with E-state index in [4.69, 9.17) is 14.7 Å². The van der Waals surface area contributed by atoms with Crippen molar-refractivity contribution in [2.24, 2.45) is 0 Å². The molecule has 0 unspecified atom stereocenters. The molecule has 3 rings (SSSR count). The van der Waals surface area contributed by atoms with Gasteiger partial charge in [0.15, 0.2) is 5.82 Å². The van der Waals surface area contributed by atoms with Gasteiger partial charge < -0.3 is 10.1 Å². The van der Waals surface area contributed by atoms with Gasteiger partial charge in [0.1, 0.15) is 5.60 Å². The normalized spacial score (nSPS) is 18.6. The van der Waals surface area contributed by atoms with Crippen molar-refractivity contribution in [3.05, 3.63) is 22.8 Å². The Morgan fingerprint density at radius 3 is 2.57 bits per heavy atom. The van der Waals surface area contributed by atoms with Crippen LogP contribution in [0.15, 0.2) is 0 Å². The van der Waals surface area contributed by atoms with Crippen molar-refractivity contribution in [3.63, 3.8) is 0 Å². The molecule has 2 heterocycles. The maximum atomic E-state index is 6.12. The van der Waals surface area contributed by atoms with E-state index in [1.807, 2.05) is 0 Å². The van der Waals surface area contributed by atoms with E-state index in [9.17, 15) is 0 Å². The van der Waals surface area contributed by atoms with Gasteiger partial charge in [-0.15, -0.1) is 0 Å². The summed E-state index contributed by atoms with van der Waals surface area (Å²) in [6, 6.07) is 0. The second-order valence-corrected chi connectivity index (χ2v) is 6.19. The van der Waals surface area contributed by atoms with Gasteiger partial charge in [-0.05, 0) is 32.6 Å². The Bertz CT molecular complexity index is 507. The molecule has 4 nitrogen and oxygen atoms in total. The van der Waals surface area contributed by atoms with Crippen LogP contribution >= 0.6 is 0 Å². The summed E-state index contributed by atoms with van der Waals surface area (Å²) < 4.78 is 6.12. The predicted molar refractivity (Wildman–Crippen MR) is 83.3 cm³/mol. The largest absolute Gasteiger partial charge is 0.367 e. The van der Waals surface area contributed by atoms with Gasteiger partial charge in [-0.25, -0.2) is 9.97 Å². The molecular formula is C17H27N3O. The zero-order valence-electron chi connectivity index (χ0n) is 13.5. The van der Waals surface area contributed by atoms with Crippen molar-refractivity contribution >= 4 is 0 Å². The lowest BCUT2D eigenvalue weighted by atomic mass is 9.94. The van der Waals surface area contributed by atoms with Crippen molar-refractivity contribution in [1.29, 1.82) is 0 Å². The SMILES string of the molecule is CCOC(CC)(CC)c1nc2c(c(C3CC3)n1)CNCC2. The molecule has 0 spiro atoms. The van der Waals surface area contributed by atoms with Crippen LogP contribution in [0.4, 0.5) is 0 Å². The molecule has 1 fully saturated rings. The molecule has 1 aromatic heterocycles. The van der Waals surface area contributed by atoms with Gasteiger partial charge in [-0.3, -0.25) is 0 Å². The van der Waals surface area contributed by atoms with Crippen LogP contribution < -0.4 is 5.32 Å². The smallest absolute Gasteiger partial charge is 0.160 e. The van der Waals surface area contributed by atoms with E-state index in [0.29, 0.717) is 12.5 Å². The Labute approximate surface area is 127 Å². The second-order valence-electron chi connectivity index (χ2n) is 6.19. The van der Waals surface area contributed by atoms with Crippen LogP contribution in [0.3, 0.4) is 0 Å². The zero-order chi connectivity index (χ0) is 14.9. The number of ether oxygens (including phenoxy) is 1. The van der Waals surface area contributed by atoms with E-state index < -0.39 is 0 Å². The van der Waals surface area contributed by atoms with E-state index in [1.165, 1.54) is 29.8 Å². The summed E-state index contributed by atoms with van der Waals surface area (Å²) in [4.78, 5) is 9.95. The average molecular weight is 289 g/mol. The molecule has 1 N–H and O–H groups in total. The molecule has 0 radical (unpaired) electrons. The summed E-state index contributed by atoms with van der Waals surface area (Å²) in [5.74, 6) is 1.59. The zero-order valence-corrected chi connectivity index (χ0v) is 13.5. The standard InChI is InChI=1S/C17H27N3O/c1-4-17(5-2,21-6-3)16-19-14-9-10-18-11-13(14)15(20-16)12-7-8-12/h12,18H,4-11H2,1-3H3. The Morgan fingerprint density at radius 2 is 1.95 bits per heavy atom. The minimum atomic E-state index is -0.307. The van der Waals surface area contributed by atoms with Crippen LogP contribution in [0.5, 0.6) is 0 Å². The lowest BCUT2D eigenvalue weighted by molar-refractivity contribution is -0.0575. The summed E-state index contributed by atoms with van der Waals surface area (Å²) >= 11 is 0. The van der Waals surface area contributed by atoms with Gasteiger partial charge in [-0.1, -0.05) is 13.8 Å². The molecule has 116 valence electrons. The Morgan fingerprint density at radius 1 is 1.19 bits per heavy atom. The summed E-state index contributed by atoms with van der Waals surface area (Å²) in [5.41, 5.74) is 3.61. The highest BCUT2D eigenvalue weighted by atomic mass is 16.5. The van der Waals surface area contributed by atoms with E-state index in [2.05, 4.69) is 26.1 Å². The van der Waals surface area contributed by atoms with Crippen LogP contribution in [-0.4, -0.2) is 23.1 Å². The molecule has 1 aliphatic carbocycles. The van der Waals surface area contributed by atoms with Gasteiger partial charge in [-0.2, -0.15) is 0 Å². The molecule has 0 aromatic carbocycles. The third-order valence-corrected chi connectivity index (χ3v) is 4.90. The number of hydrogen-bond donors (Lipinski definition) is 1. The van der Waals surface area contributed by atoms with Gasteiger partial charge in [0.25, 0.3) is 0 Å².